The monoisotopic (exact) mass is 521 g/mol. The number of nitrogens with two attached hydrogens (primary N) is 1. The predicted octanol–water partition coefficient (Wildman–Crippen LogP) is 7.16. The maximum Gasteiger partial charge on any atom is 0.251 e. The Bertz CT molecular complexity index is 1150. The Labute approximate surface area is 226 Å². The van der Waals surface area contributed by atoms with Crippen molar-refractivity contribution in [3.8, 4) is 0 Å². The van der Waals surface area contributed by atoms with Gasteiger partial charge in [0.25, 0.3) is 5.91 Å². The first kappa shape index (κ1) is 26.9. The number of amides is 1. The van der Waals surface area contributed by atoms with Crippen LogP contribution in [0, 0.1) is 5.41 Å². The highest BCUT2D eigenvalue weighted by molar-refractivity contribution is 6.33. The molecule has 6 N–H and O–H groups in total. The van der Waals surface area contributed by atoms with Crippen molar-refractivity contribution in [1.29, 1.82) is 0 Å². The van der Waals surface area contributed by atoms with E-state index in [0.29, 0.717) is 34.3 Å². The van der Waals surface area contributed by atoms with Gasteiger partial charge < -0.3 is 27.0 Å². The highest BCUT2D eigenvalue weighted by Crippen LogP contribution is 2.40. The van der Waals surface area contributed by atoms with Crippen LogP contribution in [-0.4, -0.2) is 11.9 Å². The second-order valence-electron chi connectivity index (χ2n) is 10.8. The number of hydrogen-bond acceptors (Lipinski definition) is 5. The lowest BCUT2D eigenvalue weighted by Crippen LogP contribution is -2.32. The first-order chi connectivity index (χ1) is 17.7. The quantitative estimate of drug-likeness (QED) is 0.214. The molecule has 2 aromatic carbocycles. The van der Waals surface area contributed by atoms with Gasteiger partial charge in [-0.3, -0.25) is 4.79 Å². The Kier molecular flexibility index (Phi) is 8.70. The van der Waals surface area contributed by atoms with Crippen molar-refractivity contribution in [2.45, 2.75) is 77.3 Å². The van der Waals surface area contributed by atoms with Gasteiger partial charge in [-0.05, 0) is 61.6 Å². The summed E-state index contributed by atoms with van der Waals surface area (Å²) in [6, 6.07) is 11.4. The molecule has 0 unspecified atom stereocenters. The minimum absolute atomic E-state index is 0.0838. The Hall–Kier alpha value is -3.12. The number of nitrogen functional groups attached to an aromatic ring is 1. The molecule has 7 heteroatoms. The lowest BCUT2D eigenvalue weighted by Gasteiger charge is -2.36. The van der Waals surface area contributed by atoms with E-state index in [9.17, 15) is 4.79 Å². The topological polar surface area (TPSA) is 91.2 Å². The molecule has 198 valence electrons. The molecule has 2 aliphatic carbocycles. The van der Waals surface area contributed by atoms with Crippen molar-refractivity contribution >= 4 is 34.6 Å². The highest BCUT2D eigenvalue weighted by atomic mass is 35.5. The van der Waals surface area contributed by atoms with Crippen LogP contribution in [0.2, 0.25) is 5.02 Å². The second kappa shape index (κ2) is 12.0. The normalized spacial score (nSPS) is 17.1. The molecular formula is C30H40ClN5O. The molecule has 0 saturated heterocycles. The van der Waals surface area contributed by atoms with Gasteiger partial charge in [-0.25, -0.2) is 0 Å². The van der Waals surface area contributed by atoms with E-state index in [1.807, 2.05) is 18.2 Å². The third kappa shape index (κ3) is 7.01. The van der Waals surface area contributed by atoms with Crippen LogP contribution in [0.5, 0.6) is 0 Å². The summed E-state index contributed by atoms with van der Waals surface area (Å²) in [5, 5.41) is 13.7. The summed E-state index contributed by atoms with van der Waals surface area (Å²) in [6.07, 6.45) is 10.6. The van der Waals surface area contributed by atoms with Crippen LogP contribution in [-0.2, 0) is 6.54 Å². The third-order valence-corrected chi connectivity index (χ3v) is 8.13. The molecule has 2 fully saturated rings. The minimum Gasteiger partial charge on any atom is -0.397 e. The Balaban J connectivity index is 1.33. The maximum atomic E-state index is 12.6. The Morgan fingerprint density at radius 1 is 1.00 bits per heavy atom. The van der Waals surface area contributed by atoms with Gasteiger partial charge >= 0.3 is 0 Å². The fraction of sp³-hybridized carbons (Fsp3) is 0.433. The molecule has 1 amide bonds. The first-order valence-corrected chi connectivity index (χ1v) is 13.8. The average molecular weight is 522 g/mol. The molecule has 0 bridgehead atoms. The van der Waals surface area contributed by atoms with E-state index in [-0.39, 0.29) is 17.4 Å². The molecule has 0 aliphatic heterocycles. The van der Waals surface area contributed by atoms with Crippen LogP contribution in [0.3, 0.4) is 0 Å². The summed E-state index contributed by atoms with van der Waals surface area (Å²) in [5.41, 5.74) is 11.1. The number of halogens is 1. The van der Waals surface area contributed by atoms with Crippen molar-refractivity contribution in [3.63, 3.8) is 0 Å². The summed E-state index contributed by atoms with van der Waals surface area (Å²) in [5.74, 6) is 0.445. The molecular weight excluding hydrogens is 482 g/mol. The number of benzene rings is 2. The maximum absolute atomic E-state index is 12.6. The summed E-state index contributed by atoms with van der Waals surface area (Å²) in [7, 11) is 0. The van der Waals surface area contributed by atoms with E-state index in [1.165, 1.54) is 44.9 Å². The van der Waals surface area contributed by atoms with E-state index < -0.39 is 0 Å². The molecule has 6 nitrogen and oxygen atoms in total. The van der Waals surface area contributed by atoms with Crippen molar-refractivity contribution < 1.29 is 4.79 Å². The largest absolute Gasteiger partial charge is 0.397 e. The number of anilines is 3. The van der Waals surface area contributed by atoms with Gasteiger partial charge in [0.05, 0.1) is 22.1 Å². The number of rotatable bonds is 10. The molecule has 0 aromatic heterocycles. The zero-order chi connectivity index (χ0) is 26.4. The number of allylic oxidation sites excluding steroid dienone is 1. The molecule has 0 heterocycles. The Morgan fingerprint density at radius 3 is 2.41 bits per heavy atom. The second-order valence-corrected chi connectivity index (χ2v) is 11.2. The van der Waals surface area contributed by atoms with E-state index in [2.05, 4.69) is 41.3 Å². The van der Waals surface area contributed by atoms with Crippen LogP contribution in [0.1, 0.15) is 80.6 Å². The summed E-state index contributed by atoms with van der Waals surface area (Å²) < 4.78 is 0. The van der Waals surface area contributed by atoms with E-state index in [4.69, 9.17) is 17.3 Å². The SMILES string of the molecule is C=C(Nc1ccc(C(=O)NC2CCCC2)cc1N)Nc1cc(CNC(=C)C2(C)CCCCC2)ccc1Cl. The lowest BCUT2D eigenvalue weighted by atomic mass is 9.73. The minimum atomic E-state index is -0.0838. The van der Waals surface area contributed by atoms with E-state index in [0.717, 1.165) is 29.8 Å². The van der Waals surface area contributed by atoms with E-state index in [1.54, 1.807) is 18.2 Å². The smallest absolute Gasteiger partial charge is 0.251 e. The molecule has 37 heavy (non-hydrogen) atoms. The number of hydrogen-bond donors (Lipinski definition) is 5. The average Bonchev–Trinajstić information content (AvgIpc) is 3.39. The van der Waals surface area contributed by atoms with E-state index >= 15 is 0 Å². The molecule has 0 radical (unpaired) electrons. The fourth-order valence-electron chi connectivity index (χ4n) is 5.35. The molecule has 2 aliphatic rings. The summed E-state index contributed by atoms with van der Waals surface area (Å²) in [4.78, 5) is 12.6. The van der Waals surface area contributed by atoms with Gasteiger partial charge in [-0.15, -0.1) is 0 Å². The lowest BCUT2D eigenvalue weighted by molar-refractivity contribution is 0.0938. The molecule has 4 rings (SSSR count). The molecule has 0 atom stereocenters. The van der Waals surface area contributed by atoms with Gasteiger partial charge in [0.2, 0.25) is 0 Å². The van der Waals surface area contributed by atoms with Gasteiger partial charge in [-0.2, -0.15) is 0 Å². The van der Waals surface area contributed by atoms with Gasteiger partial charge in [0, 0.05) is 29.3 Å². The molecule has 2 aromatic rings. The van der Waals surface area contributed by atoms with Crippen LogP contribution in [0.15, 0.2) is 61.1 Å². The van der Waals surface area contributed by atoms with Gasteiger partial charge in [0.15, 0.2) is 0 Å². The molecule has 0 spiro atoms. The number of carbonyl (C=O) groups is 1. The summed E-state index contributed by atoms with van der Waals surface area (Å²) in [6.45, 7) is 11.4. The third-order valence-electron chi connectivity index (χ3n) is 7.80. The first-order valence-electron chi connectivity index (χ1n) is 13.4. The Morgan fingerprint density at radius 2 is 1.70 bits per heavy atom. The number of carbonyl (C=O) groups excluding carboxylic acids is 1. The fourth-order valence-corrected chi connectivity index (χ4v) is 5.51. The van der Waals surface area contributed by atoms with Crippen LogP contribution >= 0.6 is 11.6 Å². The summed E-state index contributed by atoms with van der Waals surface area (Å²) >= 11 is 6.47. The van der Waals surface area contributed by atoms with Crippen LogP contribution < -0.4 is 27.0 Å². The van der Waals surface area contributed by atoms with Gasteiger partial charge in [-0.1, -0.05) is 69.9 Å². The standard InChI is InChI=1S/C30H40ClN5O/c1-20(30(3)15-7-4-8-16-30)33-19-22-11-13-25(31)28(17-22)35-21(2)34-27-14-12-23(18-26(27)32)29(37)36-24-9-5-6-10-24/h11-14,17-18,24,33-35H,1-2,4-10,15-16,19,32H2,3H3,(H,36,37). The van der Waals surface area contributed by atoms with Crippen molar-refractivity contribution in [3.05, 3.63) is 77.2 Å². The number of nitrogens with one attached hydrogen (secondary N) is 4. The zero-order valence-corrected chi connectivity index (χ0v) is 22.6. The zero-order valence-electron chi connectivity index (χ0n) is 21.9. The van der Waals surface area contributed by atoms with Crippen molar-refractivity contribution in [2.75, 3.05) is 16.4 Å². The van der Waals surface area contributed by atoms with Crippen LogP contribution in [0.4, 0.5) is 17.1 Å². The molecule has 2 saturated carbocycles. The van der Waals surface area contributed by atoms with Crippen molar-refractivity contribution in [2.24, 2.45) is 5.41 Å². The van der Waals surface area contributed by atoms with Crippen molar-refractivity contribution in [1.82, 2.24) is 10.6 Å². The predicted molar refractivity (Wildman–Crippen MR) is 156 cm³/mol. The van der Waals surface area contributed by atoms with Gasteiger partial charge in [0.1, 0.15) is 5.82 Å². The highest BCUT2D eigenvalue weighted by Gasteiger charge is 2.29. The van der Waals surface area contributed by atoms with Crippen LogP contribution in [0.25, 0.3) is 0 Å².